The van der Waals surface area contributed by atoms with Gasteiger partial charge in [0.05, 0.1) is 0 Å². The summed E-state index contributed by atoms with van der Waals surface area (Å²) in [6.45, 7) is 10.9. The Morgan fingerprint density at radius 2 is 1.59 bits per heavy atom. The molecule has 0 bridgehead atoms. The third kappa shape index (κ3) is 8.91. The van der Waals surface area contributed by atoms with Crippen molar-refractivity contribution in [1.29, 1.82) is 0 Å². The van der Waals surface area contributed by atoms with Crippen LogP contribution in [0.1, 0.15) is 60.3 Å². The quantitative estimate of drug-likeness (QED) is 0.431. The van der Waals surface area contributed by atoms with E-state index < -0.39 is 0 Å². The molecule has 0 rings (SSSR count). The van der Waals surface area contributed by atoms with E-state index in [0.717, 1.165) is 25.5 Å². The Labute approximate surface area is 107 Å². The largest absolute Gasteiger partial charge is 0.303 e. The van der Waals surface area contributed by atoms with Crippen molar-refractivity contribution in [3.8, 4) is 0 Å². The summed E-state index contributed by atoms with van der Waals surface area (Å²) in [4.78, 5) is 10.4. The molecule has 0 aliphatic rings. The molecule has 2 atom stereocenters. The molecule has 0 unspecified atom stereocenters. The molecule has 0 spiro atoms. The molecular formula is C16H28O. The normalized spacial score (nSPS) is 15.2. The lowest BCUT2D eigenvalue weighted by Gasteiger charge is -2.15. The average Bonchev–Trinajstić information content (AvgIpc) is 2.25. The predicted octanol–water partition coefficient (Wildman–Crippen LogP) is 4.93. The van der Waals surface area contributed by atoms with Crippen molar-refractivity contribution in [2.75, 3.05) is 0 Å². The summed E-state index contributed by atoms with van der Waals surface area (Å²) in [6.07, 6.45) is 9.73. The molecule has 17 heavy (non-hydrogen) atoms. The molecule has 0 saturated carbocycles. The van der Waals surface area contributed by atoms with Gasteiger partial charge in [0, 0.05) is 6.42 Å². The van der Waals surface area contributed by atoms with E-state index in [4.69, 9.17) is 0 Å². The van der Waals surface area contributed by atoms with Crippen molar-refractivity contribution < 1.29 is 4.79 Å². The van der Waals surface area contributed by atoms with E-state index in [1.165, 1.54) is 11.1 Å². The fraction of sp³-hybridized carbons (Fsp3) is 0.688. The van der Waals surface area contributed by atoms with E-state index in [0.29, 0.717) is 18.3 Å². The fourth-order valence-electron chi connectivity index (χ4n) is 1.69. The van der Waals surface area contributed by atoms with Crippen molar-refractivity contribution in [3.05, 3.63) is 23.3 Å². The molecule has 0 N–H and O–H groups in total. The van der Waals surface area contributed by atoms with Crippen molar-refractivity contribution >= 4 is 6.29 Å². The van der Waals surface area contributed by atoms with Gasteiger partial charge in [-0.15, -0.1) is 0 Å². The molecule has 98 valence electrons. The van der Waals surface area contributed by atoms with Crippen molar-refractivity contribution in [2.45, 2.75) is 60.3 Å². The fourth-order valence-corrected chi connectivity index (χ4v) is 1.69. The first-order valence-electron chi connectivity index (χ1n) is 6.70. The van der Waals surface area contributed by atoms with Crippen molar-refractivity contribution in [2.24, 2.45) is 11.8 Å². The van der Waals surface area contributed by atoms with Gasteiger partial charge in [-0.25, -0.2) is 0 Å². The number of hydrogen-bond donors (Lipinski definition) is 0. The maximum Gasteiger partial charge on any atom is 0.120 e. The predicted molar refractivity (Wildman–Crippen MR) is 76.0 cm³/mol. The molecule has 0 heterocycles. The summed E-state index contributed by atoms with van der Waals surface area (Å²) in [5.74, 6) is 1.09. The van der Waals surface area contributed by atoms with Gasteiger partial charge in [-0.3, -0.25) is 0 Å². The van der Waals surface area contributed by atoms with Crippen LogP contribution >= 0.6 is 0 Å². The number of allylic oxidation sites excluding steroid dienone is 4. The summed E-state index contributed by atoms with van der Waals surface area (Å²) < 4.78 is 0. The summed E-state index contributed by atoms with van der Waals surface area (Å²) in [7, 11) is 0. The zero-order valence-corrected chi connectivity index (χ0v) is 12.1. The van der Waals surface area contributed by atoms with Gasteiger partial charge in [-0.05, 0) is 51.9 Å². The number of carbonyl (C=O) groups excluding carboxylic acids is 1. The van der Waals surface area contributed by atoms with Gasteiger partial charge in [-0.1, -0.05) is 37.1 Å². The molecule has 1 heteroatoms. The minimum atomic E-state index is 0.495. The molecule has 0 aromatic rings. The third-order valence-electron chi connectivity index (χ3n) is 3.37. The van der Waals surface area contributed by atoms with Crippen LogP contribution in [0.15, 0.2) is 23.3 Å². The van der Waals surface area contributed by atoms with Crippen LogP contribution in [0.5, 0.6) is 0 Å². The molecule has 1 nitrogen and oxygen atoms in total. The summed E-state index contributed by atoms with van der Waals surface area (Å²) in [5.41, 5.74) is 2.86. The van der Waals surface area contributed by atoms with Crippen LogP contribution in [0.2, 0.25) is 0 Å². The lowest BCUT2D eigenvalue weighted by molar-refractivity contribution is -0.108. The number of carbonyl (C=O) groups is 1. The lowest BCUT2D eigenvalue weighted by Crippen LogP contribution is -2.07. The zero-order chi connectivity index (χ0) is 13.3. The van der Waals surface area contributed by atoms with E-state index in [1.54, 1.807) is 0 Å². The van der Waals surface area contributed by atoms with Crippen LogP contribution in [0, 0.1) is 11.8 Å². The Kier molecular flexibility index (Phi) is 8.75. The Bertz CT molecular complexity index is 269. The second-order valence-corrected chi connectivity index (χ2v) is 5.46. The van der Waals surface area contributed by atoms with Gasteiger partial charge in [0.15, 0.2) is 0 Å². The second kappa shape index (κ2) is 9.21. The molecular weight excluding hydrogens is 208 g/mol. The van der Waals surface area contributed by atoms with Crippen LogP contribution < -0.4 is 0 Å². The molecule has 0 radical (unpaired) electrons. The Hall–Kier alpha value is -0.850. The second-order valence-electron chi connectivity index (χ2n) is 5.46. The summed E-state index contributed by atoms with van der Waals surface area (Å²) in [6, 6.07) is 0. The van der Waals surface area contributed by atoms with Crippen molar-refractivity contribution in [1.82, 2.24) is 0 Å². The zero-order valence-electron chi connectivity index (χ0n) is 12.1. The maximum absolute atomic E-state index is 10.4. The minimum Gasteiger partial charge on any atom is -0.303 e. The smallest absolute Gasteiger partial charge is 0.120 e. The number of rotatable bonds is 8. The SMILES string of the molecule is CC(C)=CCC/C(C)=C/C[C@@H](C)[C@H](C)CC=O. The van der Waals surface area contributed by atoms with Crippen LogP contribution in [0.25, 0.3) is 0 Å². The topological polar surface area (TPSA) is 17.1 Å². The van der Waals surface area contributed by atoms with E-state index in [9.17, 15) is 4.79 Å². The van der Waals surface area contributed by atoms with Crippen LogP contribution in [0.3, 0.4) is 0 Å². The standard InChI is InChI=1S/C16H28O/c1-13(2)7-6-8-14(3)9-10-15(4)16(5)11-12-17/h7,9,12,15-16H,6,8,10-11H2,1-5H3/b14-9+/t15-,16-/m1/s1. The Morgan fingerprint density at radius 1 is 1.00 bits per heavy atom. The first-order chi connectivity index (χ1) is 7.97. The number of hydrogen-bond acceptors (Lipinski definition) is 1. The molecule has 0 aromatic carbocycles. The highest BCUT2D eigenvalue weighted by Gasteiger charge is 2.09. The van der Waals surface area contributed by atoms with Crippen molar-refractivity contribution in [3.63, 3.8) is 0 Å². The van der Waals surface area contributed by atoms with Crippen LogP contribution in [-0.2, 0) is 4.79 Å². The highest BCUT2D eigenvalue weighted by Crippen LogP contribution is 2.19. The van der Waals surface area contributed by atoms with Gasteiger partial charge in [0.2, 0.25) is 0 Å². The van der Waals surface area contributed by atoms with Crippen LogP contribution in [-0.4, -0.2) is 6.29 Å². The van der Waals surface area contributed by atoms with E-state index in [1.807, 2.05) is 0 Å². The van der Waals surface area contributed by atoms with Gasteiger partial charge in [0.25, 0.3) is 0 Å². The van der Waals surface area contributed by atoms with Gasteiger partial charge in [0.1, 0.15) is 6.29 Å². The van der Waals surface area contributed by atoms with E-state index in [-0.39, 0.29) is 0 Å². The molecule has 0 amide bonds. The Morgan fingerprint density at radius 3 is 2.12 bits per heavy atom. The highest BCUT2D eigenvalue weighted by molar-refractivity contribution is 5.49. The molecule has 0 aliphatic heterocycles. The maximum atomic E-state index is 10.4. The van der Waals surface area contributed by atoms with E-state index in [2.05, 4.69) is 46.8 Å². The van der Waals surface area contributed by atoms with Gasteiger partial charge >= 0.3 is 0 Å². The monoisotopic (exact) mass is 236 g/mol. The lowest BCUT2D eigenvalue weighted by atomic mass is 9.90. The van der Waals surface area contributed by atoms with E-state index >= 15 is 0 Å². The molecule has 0 fully saturated rings. The summed E-state index contributed by atoms with van der Waals surface area (Å²) in [5, 5.41) is 0. The van der Waals surface area contributed by atoms with Gasteiger partial charge in [-0.2, -0.15) is 0 Å². The highest BCUT2D eigenvalue weighted by atomic mass is 16.1. The molecule has 0 aromatic heterocycles. The molecule has 0 saturated heterocycles. The van der Waals surface area contributed by atoms with Gasteiger partial charge < -0.3 is 4.79 Å². The minimum absolute atomic E-state index is 0.495. The third-order valence-corrected chi connectivity index (χ3v) is 3.37. The average molecular weight is 236 g/mol. The molecule has 0 aliphatic carbocycles. The summed E-state index contributed by atoms with van der Waals surface area (Å²) >= 11 is 0. The van der Waals surface area contributed by atoms with Crippen LogP contribution in [0.4, 0.5) is 0 Å². The Balaban J connectivity index is 3.97. The number of aldehydes is 1. The first-order valence-corrected chi connectivity index (χ1v) is 6.70. The first kappa shape index (κ1) is 16.1.